The van der Waals surface area contributed by atoms with Gasteiger partial charge in [0.15, 0.2) is 0 Å². The van der Waals surface area contributed by atoms with Crippen LogP contribution in [0.2, 0.25) is 0 Å². The zero-order valence-corrected chi connectivity index (χ0v) is 16.1. The molecule has 1 heterocycles. The molecular formula is C20H21N3O2S. The average molecular weight is 367 g/mol. The first-order valence-corrected chi connectivity index (χ1v) is 9.25. The van der Waals surface area contributed by atoms with Gasteiger partial charge in [-0.3, -0.25) is 4.79 Å². The molecule has 2 aromatic carbocycles. The van der Waals surface area contributed by atoms with Gasteiger partial charge in [-0.2, -0.15) is 0 Å². The van der Waals surface area contributed by atoms with Crippen molar-refractivity contribution in [1.82, 2.24) is 10.2 Å². The maximum Gasteiger partial charge on any atom is 0.277 e. The molecular weight excluding hydrogens is 346 g/mol. The summed E-state index contributed by atoms with van der Waals surface area (Å²) in [6.07, 6.45) is 0. The highest BCUT2D eigenvalue weighted by molar-refractivity contribution is 8.00. The number of carbonyl (C=O) groups is 1. The Morgan fingerprint density at radius 1 is 1.04 bits per heavy atom. The molecule has 0 saturated heterocycles. The minimum absolute atomic E-state index is 0.0983. The molecule has 3 rings (SSSR count). The highest BCUT2D eigenvalue weighted by Crippen LogP contribution is 2.27. The number of aromatic nitrogens is 2. The first-order chi connectivity index (χ1) is 12.4. The van der Waals surface area contributed by atoms with Crippen LogP contribution in [0.15, 0.2) is 52.1 Å². The zero-order chi connectivity index (χ0) is 18.7. The van der Waals surface area contributed by atoms with Crippen LogP contribution in [-0.2, 0) is 4.79 Å². The van der Waals surface area contributed by atoms with E-state index in [9.17, 15) is 4.79 Å². The van der Waals surface area contributed by atoms with E-state index in [2.05, 4.69) is 15.5 Å². The van der Waals surface area contributed by atoms with Crippen LogP contribution in [0.3, 0.4) is 0 Å². The Labute approximate surface area is 157 Å². The Balaban J connectivity index is 1.66. The zero-order valence-electron chi connectivity index (χ0n) is 15.2. The Bertz CT molecular complexity index is 919. The van der Waals surface area contributed by atoms with Gasteiger partial charge in [-0.25, -0.2) is 0 Å². The third kappa shape index (κ3) is 4.32. The molecule has 0 spiro atoms. The second-order valence-electron chi connectivity index (χ2n) is 6.31. The second kappa shape index (κ2) is 7.74. The molecule has 0 radical (unpaired) electrons. The van der Waals surface area contributed by atoms with Gasteiger partial charge in [0.25, 0.3) is 5.22 Å². The molecule has 26 heavy (non-hydrogen) atoms. The number of benzene rings is 2. The van der Waals surface area contributed by atoms with E-state index < -0.39 is 0 Å². The molecule has 0 aliphatic heterocycles. The summed E-state index contributed by atoms with van der Waals surface area (Å²) >= 11 is 1.25. The molecule has 6 heteroatoms. The summed E-state index contributed by atoms with van der Waals surface area (Å²) in [5.41, 5.74) is 4.99. The Kier molecular flexibility index (Phi) is 5.42. The normalized spacial score (nSPS) is 12.0. The van der Waals surface area contributed by atoms with Gasteiger partial charge in [-0.05, 0) is 57.0 Å². The van der Waals surface area contributed by atoms with Crippen LogP contribution in [0.4, 0.5) is 5.69 Å². The lowest BCUT2D eigenvalue weighted by molar-refractivity contribution is -0.115. The van der Waals surface area contributed by atoms with Gasteiger partial charge < -0.3 is 9.73 Å². The van der Waals surface area contributed by atoms with Gasteiger partial charge in [-0.1, -0.05) is 41.6 Å². The lowest BCUT2D eigenvalue weighted by Gasteiger charge is -2.12. The van der Waals surface area contributed by atoms with Gasteiger partial charge in [0.2, 0.25) is 11.8 Å². The Hall–Kier alpha value is -2.60. The van der Waals surface area contributed by atoms with E-state index in [-0.39, 0.29) is 11.2 Å². The van der Waals surface area contributed by atoms with E-state index in [0.29, 0.717) is 11.1 Å². The van der Waals surface area contributed by atoms with Crippen molar-refractivity contribution in [2.24, 2.45) is 0 Å². The summed E-state index contributed by atoms with van der Waals surface area (Å²) in [4.78, 5) is 12.5. The van der Waals surface area contributed by atoms with Crippen molar-refractivity contribution in [1.29, 1.82) is 0 Å². The van der Waals surface area contributed by atoms with Crippen molar-refractivity contribution in [2.75, 3.05) is 5.32 Å². The predicted octanol–water partition coefficient (Wildman–Crippen LogP) is 4.78. The van der Waals surface area contributed by atoms with Gasteiger partial charge in [-0.15, -0.1) is 10.2 Å². The molecule has 0 aliphatic carbocycles. The molecule has 0 unspecified atom stereocenters. The highest BCUT2D eigenvalue weighted by Gasteiger charge is 2.19. The number of amides is 1. The Morgan fingerprint density at radius 2 is 1.73 bits per heavy atom. The largest absolute Gasteiger partial charge is 0.411 e. The van der Waals surface area contributed by atoms with Crippen molar-refractivity contribution >= 4 is 23.4 Å². The molecule has 1 aromatic heterocycles. The minimum atomic E-state index is -0.360. The topological polar surface area (TPSA) is 68.0 Å². The van der Waals surface area contributed by atoms with E-state index in [1.54, 1.807) is 0 Å². The van der Waals surface area contributed by atoms with Gasteiger partial charge >= 0.3 is 0 Å². The van der Waals surface area contributed by atoms with Crippen LogP contribution in [-0.4, -0.2) is 21.4 Å². The summed E-state index contributed by atoms with van der Waals surface area (Å²) in [6.45, 7) is 7.81. The molecule has 1 atom stereocenters. The maximum absolute atomic E-state index is 12.5. The van der Waals surface area contributed by atoms with E-state index in [0.717, 1.165) is 22.4 Å². The highest BCUT2D eigenvalue weighted by atomic mass is 32.2. The quantitative estimate of drug-likeness (QED) is 0.657. The summed E-state index contributed by atoms with van der Waals surface area (Å²) < 4.78 is 5.68. The molecule has 0 aliphatic rings. The van der Waals surface area contributed by atoms with Crippen molar-refractivity contribution in [2.45, 2.75) is 38.2 Å². The van der Waals surface area contributed by atoms with Crippen molar-refractivity contribution in [3.63, 3.8) is 0 Å². The second-order valence-corrected chi connectivity index (χ2v) is 7.60. The van der Waals surface area contributed by atoms with Crippen molar-refractivity contribution in [3.05, 3.63) is 59.2 Å². The minimum Gasteiger partial charge on any atom is -0.411 e. The van der Waals surface area contributed by atoms with E-state index in [1.807, 2.05) is 70.2 Å². The van der Waals surface area contributed by atoms with Gasteiger partial charge in [0.1, 0.15) is 0 Å². The van der Waals surface area contributed by atoms with Crippen molar-refractivity contribution < 1.29 is 9.21 Å². The summed E-state index contributed by atoms with van der Waals surface area (Å²) in [7, 11) is 0. The number of thioether (sulfide) groups is 1. The average Bonchev–Trinajstić information content (AvgIpc) is 3.07. The fraction of sp³-hybridized carbons (Fsp3) is 0.250. The summed E-state index contributed by atoms with van der Waals surface area (Å²) in [5, 5.41) is 11.1. The fourth-order valence-corrected chi connectivity index (χ4v) is 3.06. The van der Waals surface area contributed by atoms with Crippen LogP contribution in [0.25, 0.3) is 11.5 Å². The Morgan fingerprint density at radius 3 is 2.46 bits per heavy atom. The molecule has 5 nitrogen and oxygen atoms in total. The lowest BCUT2D eigenvalue weighted by Crippen LogP contribution is -2.22. The predicted molar refractivity (Wildman–Crippen MR) is 104 cm³/mol. The van der Waals surface area contributed by atoms with Gasteiger partial charge in [0, 0.05) is 11.3 Å². The number of carbonyl (C=O) groups excluding carboxylic acids is 1. The number of hydrogen-bond acceptors (Lipinski definition) is 5. The SMILES string of the molecule is Cc1ccc(-c2nnc(S[C@@H](C)C(=O)Nc3cc(C)ccc3C)o2)cc1. The van der Waals surface area contributed by atoms with Crippen LogP contribution in [0.5, 0.6) is 0 Å². The van der Waals surface area contributed by atoms with E-state index >= 15 is 0 Å². The van der Waals surface area contributed by atoms with E-state index in [1.165, 1.54) is 17.3 Å². The van der Waals surface area contributed by atoms with Crippen LogP contribution in [0, 0.1) is 20.8 Å². The van der Waals surface area contributed by atoms with Gasteiger partial charge in [0.05, 0.1) is 5.25 Å². The van der Waals surface area contributed by atoms with Crippen LogP contribution < -0.4 is 5.32 Å². The number of anilines is 1. The molecule has 0 bridgehead atoms. The van der Waals surface area contributed by atoms with Crippen LogP contribution in [0.1, 0.15) is 23.6 Å². The molecule has 1 N–H and O–H groups in total. The number of nitrogens with one attached hydrogen (secondary N) is 1. The molecule has 3 aromatic rings. The smallest absolute Gasteiger partial charge is 0.277 e. The molecule has 1 amide bonds. The number of rotatable bonds is 5. The monoisotopic (exact) mass is 367 g/mol. The molecule has 134 valence electrons. The number of hydrogen-bond donors (Lipinski definition) is 1. The van der Waals surface area contributed by atoms with Crippen LogP contribution >= 0.6 is 11.8 Å². The van der Waals surface area contributed by atoms with Crippen molar-refractivity contribution in [3.8, 4) is 11.5 Å². The van der Waals surface area contributed by atoms with E-state index in [4.69, 9.17) is 4.42 Å². The maximum atomic E-state index is 12.5. The molecule has 0 saturated carbocycles. The lowest BCUT2D eigenvalue weighted by atomic mass is 10.1. The number of aryl methyl sites for hydroxylation is 3. The standard InChI is InChI=1S/C20H21N3O2S/c1-12-6-9-16(10-7-12)19-22-23-20(25-19)26-15(4)18(24)21-17-11-13(2)5-8-14(17)3/h5-11,15H,1-4H3,(H,21,24)/t15-/m0/s1. The summed E-state index contributed by atoms with van der Waals surface area (Å²) in [6, 6.07) is 13.8. The number of nitrogens with zero attached hydrogens (tertiary/aromatic N) is 2. The third-order valence-electron chi connectivity index (χ3n) is 4.00. The first-order valence-electron chi connectivity index (χ1n) is 8.37. The fourth-order valence-electron chi connectivity index (χ4n) is 2.38. The first kappa shape index (κ1) is 18.2. The summed E-state index contributed by atoms with van der Waals surface area (Å²) in [5.74, 6) is 0.355. The third-order valence-corrected chi connectivity index (χ3v) is 4.94. The molecule has 0 fully saturated rings.